The molecule has 104 valence electrons. The molecule has 3 rings (SSSR count). The van der Waals surface area contributed by atoms with E-state index >= 15 is 0 Å². The first kappa shape index (κ1) is 13.6. The molecule has 2 nitrogen and oxygen atoms in total. The van der Waals surface area contributed by atoms with E-state index in [2.05, 4.69) is 59.5 Å². The fraction of sp³-hybridized carbons (Fsp3) is 0.211. The van der Waals surface area contributed by atoms with Gasteiger partial charge in [0.15, 0.2) is 0 Å². The van der Waals surface area contributed by atoms with Crippen molar-refractivity contribution in [2.45, 2.75) is 13.0 Å². The number of hydrogen-bond acceptors (Lipinski definition) is 2. The summed E-state index contributed by atoms with van der Waals surface area (Å²) in [6.45, 7) is 3.02. The van der Waals surface area contributed by atoms with Crippen molar-refractivity contribution in [3.05, 3.63) is 77.4 Å². The van der Waals surface area contributed by atoms with Gasteiger partial charge in [0.25, 0.3) is 0 Å². The molecule has 1 heterocycles. The van der Waals surface area contributed by atoms with Crippen molar-refractivity contribution in [2.24, 2.45) is 0 Å². The van der Waals surface area contributed by atoms with Crippen LogP contribution in [0.25, 0.3) is 5.57 Å². The zero-order valence-electron chi connectivity index (χ0n) is 12.0. The van der Waals surface area contributed by atoms with Crippen LogP contribution >= 0.6 is 0 Å². The van der Waals surface area contributed by atoms with E-state index in [1.165, 1.54) is 16.7 Å². The summed E-state index contributed by atoms with van der Waals surface area (Å²) in [6, 6.07) is 20.7. The highest BCUT2D eigenvalue weighted by atomic mass is 15.1. The van der Waals surface area contributed by atoms with E-state index in [0.717, 1.165) is 31.6 Å². The summed E-state index contributed by atoms with van der Waals surface area (Å²) in [5.74, 6) is 0. The number of nitriles is 1. The largest absolute Gasteiger partial charge is 0.295 e. The summed E-state index contributed by atoms with van der Waals surface area (Å²) in [5, 5.41) is 8.82. The van der Waals surface area contributed by atoms with Gasteiger partial charge in [-0.25, -0.2) is 0 Å². The van der Waals surface area contributed by atoms with Gasteiger partial charge in [0.1, 0.15) is 0 Å². The molecular formula is C19H18N2. The van der Waals surface area contributed by atoms with Gasteiger partial charge in [0, 0.05) is 19.6 Å². The Morgan fingerprint density at radius 2 is 1.76 bits per heavy atom. The molecule has 21 heavy (non-hydrogen) atoms. The van der Waals surface area contributed by atoms with E-state index in [-0.39, 0.29) is 0 Å². The Hall–Kier alpha value is -2.37. The van der Waals surface area contributed by atoms with Gasteiger partial charge in [-0.15, -0.1) is 0 Å². The first-order valence-corrected chi connectivity index (χ1v) is 7.31. The number of rotatable bonds is 3. The standard InChI is InChI=1S/C19H18N2/c20-14-16-6-8-17(9-7-16)15-21-12-10-19(11-13-21)18-4-2-1-3-5-18/h1-10H,11-13,15H2. The highest BCUT2D eigenvalue weighted by molar-refractivity contribution is 5.66. The summed E-state index contributed by atoms with van der Waals surface area (Å²) in [5.41, 5.74) is 4.79. The van der Waals surface area contributed by atoms with Gasteiger partial charge < -0.3 is 0 Å². The molecule has 2 aromatic carbocycles. The predicted molar refractivity (Wildman–Crippen MR) is 85.5 cm³/mol. The summed E-state index contributed by atoms with van der Waals surface area (Å²) in [7, 11) is 0. The van der Waals surface area contributed by atoms with Crippen LogP contribution in [-0.2, 0) is 6.54 Å². The summed E-state index contributed by atoms with van der Waals surface area (Å²) in [4.78, 5) is 2.44. The van der Waals surface area contributed by atoms with E-state index in [1.807, 2.05) is 12.1 Å². The molecule has 0 bridgehead atoms. The highest BCUT2D eigenvalue weighted by Gasteiger charge is 2.12. The molecular weight excluding hydrogens is 256 g/mol. The predicted octanol–water partition coefficient (Wildman–Crippen LogP) is 3.85. The van der Waals surface area contributed by atoms with Crippen molar-refractivity contribution < 1.29 is 0 Å². The third-order valence-electron chi connectivity index (χ3n) is 3.93. The van der Waals surface area contributed by atoms with Crippen molar-refractivity contribution in [3.8, 4) is 6.07 Å². The Balaban J connectivity index is 1.63. The fourth-order valence-corrected chi connectivity index (χ4v) is 2.71. The molecule has 0 N–H and O–H groups in total. The van der Waals surface area contributed by atoms with Crippen LogP contribution < -0.4 is 0 Å². The maximum Gasteiger partial charge on any atom is 0.0991 e. The lowest BCUT2D eigenvalue weighted by atomic mass is 9.99. The van der Waals surface area contributed by atoms with Gasteiger partial charge in [0.2, 0.25) is 0 Å². The van der Waals surface area contributed by atoms with Crippen molar-refractivity contribution in [3.63, 3.8) is 0 Å². The normalized spacial score (nSPS) is 15.3. The first-order chi connectivity index (χ1) is 10.3. The monoisotopic (exact) mass is 274 g/mol. The maximum absolute atomic E-state index is 8.82. The van der Waals surface area contributed by atoms with Gasteiger partial charge in [-0.3, -0.25) is 4.90 Å². The van der Waals surface area contributed by atoms with E-state index in [1.54, 1.807) is 0 Å². The minimum absolute atomic E-state index is 0.726. The quantitative estimate of drug-likeness (QED) is 0.850. The van der Waals surface area contributed by atoms with Crippen LogP contribution in [-0.4, -0.2) is 18.0 Å². The second-order valence-corrected chi connectivity index (χ2v) is 5.39. The lowest BCUT2D eigenvalue weighted by molar-refractivity contribution is 0.294. The lowest BCUT2D eigenvalue weighted by Crippen LogP contribution is -2.27. The van der Waals surface area contributed by atoms with Crippen molar-refractivity contribution in [1.82, 2.24) is 4.90 Å². The van der Waals surface area contributed by atoms with Crippen molar-refractivity contribution in [2.75, 3.05) is 13.1 Å². The van der Waals surface area contributed by atoms with E-state index in [9.17, 15) is 0 Å². The van der Waals surface area contributed by atoms with Gasteiger partial charge in [-0.05, 0) is 35.3 Å². The van der Waals surface area contributed by atoms with Crippen LogP contribution in [0.4, 0.5) is 0 Å². The summed E-state index contributed by atoms with van der Waals surface area (Å²) < 4.78 is 0. The smallest absolute Gasteiger partial charge is 0.0991 e. The Bertz CT molecular complexity index is 663. The molecule has 0 aromatic heterocycles. The zero-order valence-corrected chi connectivity index (χ0v) is 12.0. The molecule has 0 saturated heterocycles. The third kappa shape index (κ3) is 3.39. The van der Waals surface area contributed by atoms with E-state index < -0.39 is 0 Å². The summed E-state index contributed by atoms with van der Waals surface area (Å²) in [6.07, 6.45) is 3.43. The van der Waals surface area contributed by atoms with Gasteiger partial charge >= 0.3 is 0 Å². The Labute approximate surface area is 126 Å². The molecule has 0 fully saturated rings. The van der Waals surface area contributed by atoms with Gasteiger partial charge in [-0.2, -0.15) is 5.26 Å². The minimum atomic E-state index is 0.726. The molecule has 0 aliphatic carbocycles. The molecule has 0 atom stereocenters. The third-order valence-corrected chi connectivity index (χ3v) is 3.93. The van der Waals surface area contributed by atoms with Crippen LogP contribution in [0.1, 0.15) is 23.1 Å². The molecule has 0 spiro atoms. The van der Waals surface area contributed by atoms with Crippen LogP contribution in [0.3, 0.4) is 0 Å². The number of nitrogens with zero attached hydrogens (tertiary/aromatic N) is 2. The van der Waals surface area contributed by atoms with Gasteiger partial charge in [0.05, 0.1) is 11.6 Å². The molecule has 0 unspecified atom stereocenters. The topological polar surface area (TPSA) is 27.0 Å². The summed E-state index contributed by atoms with van der Waals surface area (Å²) >= 11 is 0. The van der Waals surface area contributed by atoms with Crippen molar-refractivity contribution in [1.29, 1.82) is 5.26 Å². The molecule has 2 heteroatoms. The van der Waals surface area contributed by atoms with Crippen LogP contribution in [0, 0.1) is 11.3 Å². The number of benzene rings is 2. The molecule has 1 aliphatic rings. The van der Waals surface area contributed by atoms with Crippen molar-refractivity contribution >= 4 is 5.57 Å². The second-order valence-electron chi connectivity index (χ2n) is 5.39. The van der Waals surface area contributed by atoms with Crippen LogP contribution in [0.2, 0.25) is 0 Å². The van der Waals surface area contributed by atoms with E-state index in [4.69, 9.17) is 5.26 Å². The highest BCUT2D eigenvalue weighted by Crippen LogP contribution is 2.22. The zero-order chi connectivity index (χ0) is 14.5. The second kappa shape index (κ2) is 6.39. The average Bonchev–Trinajstić information content (AvgIpc) is 2.57. The van der Waals surface area contributed by atoms with E-state index in [0.29, 0.717) is 0 Å². The lowest BCUT2D eigenvalue weighted by Gasteiger charge is -2.26. The first-order valence-electron chi connectivity index (χ1n) is 7.31. The molecule has 0 amide bonds. The van der Waals surface area contributed by atoms with Gasteiger partial charge in [-0.1, -0.05) is 48.5 Å². The molecule has 2 aromatic rings. The Kier molecular flexibility index (Phi) is 4.14. The SMILES string of the molecule is N#Cc1ccc(CN2CC=C(c3ccccc3)CC2)cc1. The Morgan fingerprint density at radius 1 is 1.00 bits per heavy atom. The molecule has 1 aliphatic heterocycles. The Morgan fingerprint density at radius 3 is 2.38 bits per heavy atom. The average molecular weight is 274 g/mol. The fourth-order valence-electron chi connectivity index (χ4n) is 2.71. The number of hydrogen-bond donors (Lipinski definition) is 0. The maximum atomic E-state index is 8.82. The molecule has 0 saturated carbocycles. The van der Waals surface area contributed by atoms with Crippen LogP contribution in [0.5, 0.6) is 0 Å². The minimum Gasteiger partial charge on any atom is -0.295 e. The molecule has 0 radical (unpaired) electrons. The van der Waals surface area contributed by atoms with Crippen LogP contribution in [0.15, 0.2) is 60.7 Å².